The average Bonchev–Trinajstić information content (AvgIpc) is 3.29. The van der Waals surface area contributed by atoms with Gasteiger partial charge < -0.3 is 9.47 Å². The van der Waals surface area contributed by atoms with E-state index in [-0.39, 0.29) is 18.1 Å². The number of pyridine rings is 1. The van der Waals surface area contributed by atoms with E-state index in [1.807, 2.05) is 54.4 Å². The van der Waals surface area contributed by atoms with E-state index >= 15 is 0 Å². The number of ether oxygens (including phenoxy) is 2. The zero-order chi connectivity index (χ0) is 20.1. The molecule has 29 heavy (non-hydrogen) atoms. The minimum Gasteiger partial charge on any atom is -0.491 e. The average molecular weight is 395 g/mol. The third-order valence-corrected chi connectivity index (χ3v) is 5.86. The van der Waals surface area contributed by atoms with E-state index in [0.717, 1.165) is 62.3 Å². The largest absolute Gasteiger partial charge is 0.491 e. The lowest BCUT2D eigenvalue weighted by Gasteiger charge is -2.33. The molecule has 0 bridgehead atoms. The van der Waals surface area contributed by atoms with Gasteiger partial charge >= 0.3 is 0 Å². The number of nitrogens with zero attached hydrogens (tertiary/aromatic N) is 2. The van der Waals surface area contributed by atoms with Crippen LogP contribution in [0.3, 0.4) is 0 Å². The first kappa shape index (κ1) is 19.9. The fourth-order valence-electron chi connectivity index (χ4n) is 4.20. The predicted molar refractivity (Wildman–Crippen MR) is 114 cm³/mol. The van der Waals surface area contributed by atoms with Crippen LogP contribution in [0.15, 0.2) is 42.6 Å². The first-order chi connectivity index (χ1) is 14.2. The number of aromatic nitrogens is 1. The lowest BCUT2D eigenvalue weighted by molar-refractivity contribution is 0.0679. The topological polar surface area (TPSA) is 51.7 Å². The van der Waals surface area contributed by atoms with Crippen molar-refractivity contribution in [1.82, 2.24) is 4.98 Å². The fourth-order valence-corrected chi connectivity index (χ4v) is 4.20. The van der Waals surface area contributed by atoms with Crippen molar-refractivity contribution in [2.45, 2.75) is 64.0 Å². The quantitative estimate of drug-likeness (QED) is 0.697. The van der Waals surface area contributed by atoms with E-state index in [2.05, 4.69) is 4.98 Å². The van der Waals surface area contributed by atoms with Gasteiger partial charge in [-0.3, -0.25) is 9.69 Å². The Labute approximate surface area is 173 Å². The molecule has 1 aliphatic heterocycles. The summed E-state index contributed by atoms with van der Waals surface area (Å²) in [5, 5.41) is 0. The highest BCUT2D eigenvalue weighted by Crippen LogP contribution is 2.28. The van der Waals surface area contributed by atoms with Crippen LogP contribution in [0.25, 0.3) is 0 Å². The molecule has 5 heteroatoms. The first-order valence-electron chi connectivity index (χ1n) is 10.8. The lowest BCUT2D eigenvalue weighted by Crippen LogP contribution is -2.42. The van der Waals surface area contributed by atoms with Crippen molar-refractivity contribution in [1.29, 1.82) is 0 Å². The van der Waals surface area contributed by atoms with Crippen LogP contribution in [0.1, 0.15) is 60.9 Å². The van der Waals surface area contributed by atoms with Gasteiger partial charge in [0.05, 0.1) is 6.10 Å². The second-order valence-corrected chi connectivity index (χ2v) is 8.13. The van der Waals surface area contributed by atoms with Gasteiger partial charge in [-0.15, -0.1) is 0 Å². The van der Waals surface area contributed by atoms with Crippen molar-refractivity contribution in [3.05, 3.63) is 53.7 Å². The normalized spacial score (nSPS) is 19.8. The van der Waals surface area contributed by atoms with Crippen molar-refractivity contribution in [2.24, 2.45) is 0 Å². The van der Waals surface area contributed by atoms with Crippen LogP contribution in [-0.2, 0) is 4.74 Å². The standard InChI is InChI=1S/C24H30N2O3/c1-18-9-14-23(25-16-18)26(20-6-3-2-4-7-20)24(27)19-10-12-21(13-11-19)29-17-22-8-5-15-28-22/h9-14,16,20,22H,2-8,15,17H2,1H3/t22-/m0/s1. The maximum atomic E-state index is 13.4. The molecular weight excluding hydrogens is 364 g/mol. The van der Waals surface area contributed by atoms with Gasteiger partial charge in [-0.25, -0.2) is 4.98 Å². The van der Waals surface area contributed by atoms with Gasteiger partial charge in [0.25, 0.3) is 5.91 Å². The van der Waals surface area contributed by atoms with Crippen LogP contribution in [-0.4, -0.2) is 36.3 Å². The molecule has 5 nitrogen and oxygen atoms in total. The number of hydrogen-bond donors (Lipinski definition) is 0. The molecule has 0 N–H and O–H groups in total. The smallest absolute Gasteiger partial charge is 0.259 e. The lowest BCUT2D eigenvalue weighted by atomic mass is 9.93. The number of hydrogen-bond acceptors (Lipinski definition) is 4. The Hall–Kier alpha value is -2.40. The molecule has 2 heterocycles. The van der Waals surface area contributed by atoms with Gasteiger partial charge in [-0.05, 0) is 68.5 Å². The molecule has 2 aliphatic rings. The number of carbonyl (C=O) groups is 1. The Kier molecular flexibility index (Phi) is 6.45. The second-order valence-electron chi connectivity index (χ2n) is 8.13. The van der Waals surface area contributed by atoms with E-state index in [4.69, 9.17) is 9.47 Å². The van der Waals surface area contributed by atoms with Gasteiger partial charge in [-0.2, -0.15) is 0 Å². The summed E-state index contributed by atoms with van der Waals surface area (Å²) in [7, 11) is 0. The van der Waals surface area contributed by atoms with Crippen LogP contribution in [0.5, 0.6) is 5.75 Å². The molecule has 1 saturated heterocycles. The molecule has 1 aromatic carbocycles. The fraction of sp³-hybridized carbons (Fsp3) is 0.500. The number of carbonyl (C=O) groups excluding carboxylic acids is 1. The summed E-state index contributed by atoms with van der Waals surface area (Å²) in [4.78, 5) is 19.9. The SMILES string of the molecule is Cc1ccc(N(C(=O)c2ccc(OC[C@@H]3CCCO3)cc2)C2CCCCC2)nc1. The van der Waals surface area contributed by atoms with Crippen LogP contribution < -0.4 is 9.64 Å². The molecule has 2 fully saturated rings. The predicted octanol–water partition coefficient (Wildman–Crippen LogP) is 4.93. The van der Waals surface area contributed by atoms with Gasteiger partial charge in [0, 0.05) is 24.4 Å². The summed E-state index contributed by atoms with van der Waals surface area (Å²) in [6.07, 6.45) is 9.81. The van der Waals surface area contributed by atoms with Crippen LogP contribution >= 0.6 is 0 Å². The minimum atomic E-state index is 0.0129. The maximum absolute atomic E-state index is 13.4. The van der Waals surface area contributed by atoms with E-state index in [1.165, 1.54) is 6.42 Å². The van der Waals surface area contributed by atoms with Crippen LogP contribution in [0, 0.1) is 6.92 Å². The third-order valence-electron chi connectivity index (χ3n) is 5.86. The maximum Gasteiger partial charge on any atom is 0.259 e. The molecule has 1 saturated carbocycles. The molecule has 1 aromatic heterocycles. The molecule has 2 aromatic rings. The Morgan fingerprint density at radius 3 is 2.52 bits per heavy atom. The zero-order valence-corrected chi connectivity index (χ0v) is 17.2. The Bertz CT molecular complexity index is 792. The highest BCUT2D eigenvalue weighted by Gasteiger charge is 2.28. The van der Waals surface area contributed by atoms with E-state index in [9.17, 15) is 4.79 Å². The molecule has 154 valence electrons. The number of anilines is 1. The molecule has 4 rings (SSSR count). The summed E-state index contributed by atoms with van der Waals surface area (Å²) >= 11 is 0. The van der Waals surface area contributed by atoms with Crippen molar-refractivity contribution < 1.29 is 14.3 Å². The number of aryl methyl sites for hydroxylation is 1. The summed E-state index contributed by atoms with van der Waals surface area (Å²) in [6.45, 7) is 3.40. The monoisotopic (exact) mass is 394 g/mol. The van der Waals surface area contributed by atoms with Crippen molar-refractivity contribution in [3.63, 3.8) is 0 Å². The highest BCUT2D eigenvalue weighted by molar-refractivity contribution is 6.06. The molecule has 1 aliphatic carbocycles. The summed E-state index contributed by atoms with van der Waals surface area (Å²) in [5.74, 6) is 1.53. The molecule has 0 spiro atoms. The van der Waals surface area contributed by atoms with Gasteiger partial charge in [-0.1, -0.05) is 25.3 Å². The van der Waals surface area contributed by atoms with Gasteiger partial charge in [0.15, 0.2) is 0 Å². The third kappa shape index (κ3) is 4.96. The molecule has 1 amide bonds. The zero-order valence-electron chi connectivity index (χ0n) is 17.2. The molecule has 1 atom stereocenters. The molecular formula is C24H30N2O3. The van der Waals surface area contributed by atoms with Crippen molar-refractivity contribution in [2.75, 3.05) is 18.1 Å². The highest BCUT2D eigenvalue weighted by atomic mass is 16.5. The molecule has 0 unspecified atom stereocenters. The number of rotatable bonds is 6. The van der Waals surface area contributed by atoms with E-state index in [1.54, 1.807) is 0 Å². The molecule has 0 radical (unpaired) electrons. The minimum absolute atomic E-state index is 0.0129. The van der Waals surface area contributed by atoms with Crippen molar-refractivity contribution in [3.8, 4) is 5.75 Å². The second kappa shape index (κ2) is 9.40. The Morgan fingerprint density at radius 2 is 1.86 bits per heavy atom. The number of amides is 1. The summed E-state index contributed by atoms with van der Waals surface area (Å²) in [5.41, 5.74) is 1.76. The van der Waals surface area contributed by atoms with Gasteiger partial charge in [0.1, 0.15) is 18.2 Å². The summed E-state index contributed by atoms with van der Waals surface area (Å²) in [6, 6.07) is 11.7. The van der Waals surface area contributed by atoms with Gasteiger partial charge in [0.2, 0.25) is 0 Å². The summed E-state index contributed by atoms with van der Waals surface area (Å²) < 4.78 is 11.4. The van der Waals surface area contributed by atoms with Crippen LogP contribution in [0.2, 0.25) is 0 Å². The van der Waals surface area contributed by atoms with E-state index < -0.39 is 0 Å². The Balaban J connectivity index is 1.49. The van der Waals surface area contributed by atoms with E-state index in [0.29, 0.717) is 12.2 Å². The first-order valence-corrected chi connectivity index (χ1v) is 10.8. The Morgan fingerprint density at radius 1 is 1.07 bits per heavy atom. The van der Waals surface area contributed by atoms with Crippen LogP contribution in [0.4, 0.5) is 5.82 Å². The number of benzene rings is 1. The van der Waals surface area contributed by atoms with Crippen molar-refractivity contribution >= 4 is 11.7 Å².